The summed E-state index contributed by atoms with van der Waals surface area (Å²) >= 11 is 0. The Hall–Kier alpha value is -2.77. The molecule has 8 heteroatoms. The molecular formula is C23H31N3O5. The average molecular weight is 430 g/mol. The zero-order valence-electron chi connectivity index (χ0n) is 18.2. The van der Waals surface area contributed by atoms with Gasteiger partial charge in [0.15, 0.2) is 0 Å². The first kappa shape index (κ1) is 21.5. The fourth-order valence-corrected chi connectivity index (χ4v) is 6.27. The third-order valence-electron chi connectivity index (χ3n) is 7.08. The molecule has 5 rings (SSSR count). The predicted molar refractivity (Wildman–Crippen MR) is 113 cm³/mol. The van der Waals surface area contributed by atoms with E-state index in [1.54, 1.807) is 6.07 Å². The number of hydrogen-bond acceptors (Lipinski definition) is 5. The molecule has 0 radical (unpaired) electrons. The van der Waals surface area contributed by atoms with Gasteiger partial charge in [0, 0.05) is 18.1 Å². The summed E-state index contributed by atoms with van der Waals surface area (Å²) in [6, 6.07) is 4.73. The van der Waals surface area contributed by atoms with E-state index in [1.165, 1.54) is 45.6 Å². The van der Waals surface area contributed by atoms with E-state index in [2.05, 4.69) is 16.2 Å². The van der Waals surface area contributed by atoms with Gasteiger partial charge in [0.1, 0.15) is 11.5 Å². The Balaban J connectivity index is 1.22. The molecule has 0 aromatic heterocycles. The van der Waals surface area contributed by atoms with Crippen LogP contribution in [0.4, 0.5) is 0 Å². The van der Waals surface area contributed by atoms with Crippen molar-refractivity contribution in [2.75, 3.05) is 20.8 Å². The van der Waals surface area contributed by atoms with Crippen LogP contribution in [0.5, 0.6) is 11.5 Å². The monoisotopic (exact) mass is 429 g/mol. The molecule has 168 valence electrons. The summed E-state index contributed by atoms with van der Waals surface area (Å²) in [5.74, 6) is 2.21. The van der Waals surface area contributed by atoms with Gasteiger partial charge in [-0.1, -0.05) is 0 Å². The van der Waals surface area contributed by atoms with Crippen LogP contribution in [0.3, 0.4) is 0 Å². The Bertz CT molecular complexity index is 811. The Morgan fingerprint density at radius 2 is 1.42 bits per heavy atom. The summed E-state index contributed by atoms with van der Waals surface area (Å²) in [7, 11) is 2.98. The first-order valence-electron chi connectivity index (χ1n) is 11.0. The maximum atomic E-state index is 12.5. The molecule has 4 bridgehead atoms. The van der Waals surface area contributed by atoms with E-state index >= 15 is 0 Å². The van der Waals surface area contributed by atoms with Gasteiger partial charge in [-0.15, -0.1) is 0 Å². The summed E-state index contributed by atoms with van der Waals surface area (Å²) in [4.78, 5) is 36.9. The zero-order valence-corrected chi connectivity index (χ0v) is 18.2. The number of amides is 3. The number of hydrazine groups is 1. The second kappa shape index (κ2) is 8.77. The molecule has 0 saturated heterocycles. The van der Waals surface area contributed by atoms with Crippen LogP contribution in [0.1, 0.15) is 55.3 Å². The van der Waals surface area contributed by atoms with E-state index in [1.807, 2.05) is 0 Å². The van der Waals surface area contributed by atoms with Crippen LogP contribution in [0.15, 0.2) is 18.2 Å². The van der Waals surface area contributed by atoms with Crippen molar-refractivity contribution in [2.45, 2.75) is 44.9 Å². The lowest BCUT2D eigenvalue weighted by atomic mass is 9.49. The molecule has 3 amide bonds. The highest BCUT2D eigenvalue weighted by atomic mass is 16.5. The van der Waals surface area contributed by atoms with E-state index in [0.717, 1.165) is 37.0 Å². The molecule has 0 spiro atoms. The fourth-order valence-electron chi connectivity index (χ4n) is 6.27. The number of nitrogens with one attached hydrogen (secondary N) is 3. The minimum Gasteiger partial charge on any atom is -0.497 e. The van der Waals surface area contributed by atoms with Gasteiger partial charge in [-0.2, -0.15) is 0 Å². The summed E-state index contributed by atoms with van der Waals surface area (Å²) in [6.07, 6.45) is 7.96. The summed E-state index contributed by atoms with van der Waals surface area (Å²) in [5, 5.41) is 2.72. The van der Waals surface area contributed by atoms with Gasteiger partial charge in [0.25, 0.3) is 11.8 Å². The smallest absolute Gasteiger partial charge is 0.269 e. The van der Waals surface area contributed by atoms with Crippen molar-refractivity contribution >= 4 is 17.7 Å². The lowest BCUT2D eigenvalue weighted by Crippen LogP contribution is -2.49. The van der Waals surface area contributed by atoms with Crippen molar-refractivity contribution in [2.24, 2.45) is 23.2 Å². The van der Waals surface area contributed by atoms with E-state index in [0.29, 0.717) is 17.9 Å². The Morgan fingerprint density at radius 3 is 1.94 bits per heavy atom. The fraction of sp³-hybridized carbons (Fsp3) is 0.609. The normalized spacial score (nSPS) is 28.0. The molecule has 4 saturated carbocycles. The first-order valence-corrected chi connectivity index (χ1v) is 11.0. The molecule has 1 aromatic carbocycles. The van der Waals surface area contributed by atoms with Gasteiger partial charge in [0.05, 0.1) is 20.8 Å². The molecule has 4 aliphatic carbocycles. The van der Waals surface area contributed by atoms with Crippen molar-refractivity contribution in [3.05, 3.63) is 23.8 Å². The second-order valence-corrected chi connectivity index (χ2v) is 9.47. The Morgan fingerprint density at radius 1 is 0.871 bits per heavy atom. The predicted octanol–water partition coefficient (Wildman–Crippen LogP) is 2.19. The van der Waals surface area contributed by atoms with Crippen molar-refractivity contribution < 1.29 is 23.9 Å². The molecule has 4 aliphatic rings. The average Bonchev–Trinajstić information content (AvgIpc) is 2.74. The third-order valence-corrected chi connectivity index (χ3v) is 7.08. The van der Waals surface area contributed by atoms with Gasteiger partial charge >= 0.3 is 0 Å². The van der Waals surface area contributed by atoms with Crippen molar-refractivity contribution in [3.63, 3.8) is 0 Å². The van der Waals surface area contributed by atoms with Gasteiger partial charge in [-0.25, -0.2) is 0 Å². The SMILES string of the molecule is COc1cc(OC)cc(C(=O)NNC(=O)CNC(=O)CC23CC4CC(CC(C4)C2)C3)c1. The van der Waals surface area contributed by atoms with Gasteiger partial charge < -0.3 is 14.8 Å². The summed E-state index contributed by atoms with van der Waals surface area (Å²) < 4.78 is 10.3. The minimum absolute atomic E-state index is 0.0824. The largest absolute Gasteiger partial charge is 0.497 e. The number of carbonyl (C=O) groups is 3. The van der Waals surface area contributed by atoms with Gasteiger partial charge in [-0.05, 0) is 73.8 Å². The highest BCUT2D eigenvalue weighted by Crippen LogP contribution is 2.61. The highest BCUT2D eigenvalue weighted by molar-refractivity contribution is 5.96. The van der Waals surface area contributed by atoms with Crippen LogP contribution in [0.25, 0.3) is 0 Å². The lowest BCUT2D eigenvalue weighted by molar-refractivity contribution is -0.132. The third kappa shape index (κ3) is 4.94. The lowest BCUT2D eigenvalue weighted by Gasteiger charge is -2.56. The summed E-state index contributed by atoms with van der Waals surface area (Å²) in [6.45, 7) is -0.174. The topological polar surface area (TPSA) is 106 Å². The second-order valence-electron chi connectivity index (χ2n) is 9.47. The molecule has 8 nitrogen and oxygen atoms in total. The minimum atomic E-state index is -0.509. The van der Waals surface area contributed by atoms with Crippen LogP contribution in [0, 0.1) is 23.2 Å². The summed E-state index contributed by atoms with van der Waals surface area (Å²) in [5.41, 5.74) is 5.10. The first-order chi connectivity index (χ1) is 14.9. The molecule has 0 unspecified atom stereocenters. The molecule has 4 fully saturated rings. The number of carbonyl (C=O) groups excluding carboxylic acids is 3. The molecule has 0 aliphatic heterocycles. The van der Waals surface area contributed by atoms with E-state index in [9.17, 15) is 14.4 Å². The molecule has 0 atom stereocenters. The molecule has 31 heavy (non-hydrogen) atoms. The van der Waals surface area contributed by atoms with E-state index < -0.39 is 11.8 Å². The van der Waals surface area contributed by atoms with Crippen molar-refractivity contribution in [1.29, 1.82) is 0 Å². The quantitative estimate of drug-likeness (QED) is 0.576. The van der Waals surface area contributed by atoms with Crippen LogP contribution in [-0.4, -0.2) is 38.5 Å². The maximum absolute atomic E-state index is 12.5. The van der Waals surface area contributed by atoms with E-state index in [4.69, 9.17) is 9.47 Å². The number of hydrogen-bond donors (Lipinski definition) is 3. The Kier molecular flexibility index (Phi) is 6.07. The van der Waals surface area contributed by atoms with Crippen molar-refractivity contribution in [3.8, 4) is 11.5 Å². The standard InChI is InChI=1S/C23H31N3O5/c1-30-18-6-17(7-19(8-18)31-2)22(29)26-25-21(28)13-24-20(27)12-23-9-14-3-15(10-23)5-16(4-14)11-23/h6-8,14-16H,3-5,9-13H2,1-2H3,(H,24,27)(H,25,28)(H,26,29). The van der Waals surface area contributed by atoms with Crippen LogP contribution in [-0.2, 0) is 9.59 Å². The van der Waals surface area contributed by atoms with Crippen molar-refractivity contribution in [1.82, 2.24) is 16.2 Å². The van der Waals surface area contributed by atoms with Gasteiger partial charge in [-0.3, -0.25) is 25.2 Å². The number of methoxy groups -OCH3 is 2. The van der Waals surface area contributed by atoms with Gasteiger partial charge in [0.2, 0.25) is 5.91 Å². The van der Waals surface area contributed by atoms with Crippen LogP contribution >= 0.6 is 0 Å². The zero-order chi connectivity index (χ0) is 22.0. The molecule has 1 aromatic rings. The highest BCUT2D eigenvalue weighted by Gasteiger charge is 2.51. The maximum Gasteiger partial charge on any atom is 0.269 e. The molecule has 0 heterocycles. The van der Waals surface area contributed by atoms with Crippen LogP contribution in [0.2, 0.25) is 0 Å². The molecule has 3 N–H and O–H groups in total. The Labute approximate surface area is 182 Å². The van der Waals surface area contributed by atoms with Crippen LogP contribution < -0.4 is 25.6 Å². The number of ether oxygens (including phenoxy) is 2. The number of rotatable bonds is 7. The molecular weight excluding hydrogens is 398 g/mol. The van der Waals surface area contributed by atoms with E-state index in [-0.39, 0.29) is 23.4 Å². The number of benzene rings is 1.